The van der Waals surface area contributed by atoms with Crippen LogP contribution in [0.1, 0.15) is 0 Å². The quantitative estimate of drug-likeness (QED) is 0.141. The van der Waals surface area contributed by atoms with Crippen LogP contribution >= 0.6 is 11.3 Å². The molecule has 4 heterocycles. The highest BCUT2D eigenvalue weighted by Gasteiger charge is 2.19. The largest absolute Gasteiger partial charge is 0.291 e. The number of hydrogen-bond donors (Lipinski definition) is 0. The van der Waals surface area contributed by atoms with Crippen LogP contribution in [0.3, 0.4) is 0 Å². The van der Waals surface area contributed by atoms with Crippen LogP contribution in [0.5, 0.6) is 0 Å². The summed E-state index contributed by atoms with van der Waals surface area (Å²) in [5.41, 5.74) is 8.89. The van der Waals surface area contributed by atoms with Gasteiger partial charge in [0, 0.05) is 32.4 Å². The van der Waals surface area contributed by atoms with Crippen LogP contribution in [0, 0.1) is 0 Å². The molecule has 0 radical (unpaired) electrons. The summed E-state index contributed by atoms with van der Waals surface area (Å²) in [5, 5.41) is 11.0. The Balaban J connectivity index is 1.16. The Morgan fingerprint density at radius 3 is 2.12 bits per heavy atom. The topological polar surface area (TPSA) is 30.2 Å². The van der Waals surface area contributed by atoms with Crippen molar-refractivity contribution in [1.82, 2.24) is 14.4 Å². The zero-order valence-electron chi connectivity index (χ0n) is 25.7. The average molecular weight is 628 g/mol. The third kappa shape index (κ3) is 3.69. The van der Waals surface area contributed by atoms with Gasteiger partial charge in [0.25, 0.3) is 0 Å². The Kier molecular flexibility index (Phi) is 5.26. The molecule has 222 valence electrons. The Hall–Kier alpha value is -6.10. The SMILES string of the molecule is c1ccc2cc3cc4c(cc3cc2c1)nc1c2sc3ccccc3c2cc(-c2ccc(-c3cccc5c3ccc3cccnc35)cc2)n41. The molecule has 0 N–H and O–H groups in total. The number of pyridine rings is 2. The first-order chi connectivity index (χ1) is 23.8. The Morgan fingerprint density at radius 1 is 0.500 bits per heavy atom. The summed E-state index contributed by atoms with van der Waals surface area (Å²) in [6.45, 7) is 0. The zero-order chi connectivity index (χ0) is 31.3. The number of hydrogen-bond acceptors (Lipinski definition) is 3. The van der Waals surface area contributed by atoms with Crippen LogP contribution in [0.15, 0.2) is 152 Å². The molecule has 4 aromatic heterocycles. The predicted molar refractivity (Wildman–Crippen MR) is 204 cm³/mol. The summed E-state index contributed by atoms with van der Waals surface area (Å²) in [5.74, 6) is 0. The molecule has 0 saturated carbocycles. The van der Waals surface area contributed by atoms with Gasteiger partial charge in [0.05, 0.1) is 26.9 Å². The molecule has 0 saturated heterocycles. The fraction of sp³-hybridized carbons (Fsp3) is 0. The van der Waals surface area contributed by atoms with Crippen LogP contribution in [0.4, 0.5) is 0 Å². The Morgan fingerprint density at radius 2 is 1.25 bits per heavy atom. The number of benzene rings is 7. The molecule has 3 nitrogen and oxygen atoms in total. The van der Waals surface area contributed by atoms with Gasteiger partial charge in [-0.3, -0.25) is 9.38 Å². The van der Waals surface area contributed by atoms with E-state index in [1.54, 1.807) is 0 Å². The average Bonchev–Trinajstić information content (AvgIpc) is 3.71. The van der Waals surface area contributed by atoms with E-state index in [2.05, 4.69) is 144 Å². The lowest BCUT2D eigenvalue weighted by molar-refractivity contribution is 1.25. The molecular formula is C44H25N3S. The van der Waals surface area contributed by atoms with Crippen molar-refractivity contribution in [1.29, 1.82) is 0 Å². The highest BCUT2D eigenvalue weighted by Crippen LogP contribution is 2.42. The van der Waals surface area contributed by atoms with Gasteiger partial charge in [-0.05, 0) is 86.1 Å². The summed E-state index contributed by atoms with van der Waals surface area (Å²) in [6.07, 6.45) is 1.88. The minimum Gasteiger partial charge on any atom is -0.291 e. The summed E-state index contributed by atoms with van der Waals surface area (Å²) in [4.78, 5) is 10.1. The molecule has 11 rings (SSSR count). The van der Waals surface area contributed by atoms with E-state index in [0.717, 1.165) is 38.8 Å². The highest BCUT2D eigenvalue weighted by molar-refractivity contribution is 7.26. The lowest BCUT2D eigenvalue weighted by atomic mass is 9.95. The maximum atomic E-state index is 5.35. The third-order valence-corrected chi connectivity index (χ3v) is 11.1. The van der Waals surface area contributed by atoms with E-state index in [0.29, 0.717) is 0 Å². The second kappa shape index (κ2) is 9.71. The van der Waals surface area contributed by atoms with Crippen LogP contribution in [0.2, 0.25) is 0 Å². The predicted octanol–water partition coefficient (Wildman–Crippen LogP) is 12.2. The first-order valence-corrected chi connectivity index (χ1v) is 17.0. The van der Waals surface area contributed by atoms with E-state index < -0.39 is 0 Å². The molecule has 0 fully saturated rings. The van der Waals surface area contributed by atoms with Gasteiger partial charge in [-0.2, -0.15) is 0 Å². The molecule has 0 bridgehead atoms. The number of rotatable bonds is 2. The van der Waals surface area contributed by atoms with Crippen molar-refractivity contribution in [3.05, 3.63) is 152 Å². The van der Waals surface area contributed by atoms with E-state index in [-0.39, 0.29) is 0 Å². The van der Waals surface area contributed by atoms with Crippen LogP contribution in [-0.2, 0) is 0 Å². The maximum absolute atomic E-state index is 5.35. The van der Waals surface area contributed by atoms with Crippen molar-refractivity contribution in [2.75, 3.05) is 0 Å². The summed E-state index contributed by atoms with van der Waals surface area (Å²) < 4.78 is 4.88. The van der Waals surface area contributed by atoms with Crippen LogP contribution in [-0.4, -0.2) is 14.4 Å². The van der Waals surface area contributed by atoms with Crippen molar-refractivity contribution in [3.8, 4) is 22.4 Å². The zero-order valence-corrected chi connectivity index (χ0v) is 26.5. The second-order valence-corrected chi connectivity index (χ2v) is 13.7. The van der Waals surface area contributed by atoms with Crippen molar-refractivity contribution < 1.29 is 0 Å². The number of thiophene rings is 1. The molecule has 7 aromatic carbocycles. The van der Waals surface area contributed by atoms with E-state index in [9.17, 15) is 0 Å². The molecular weight excluding hydrogens is 603 g/mol. The minimum atomic E-state index is 1.01. The molecule has 4 heteroatoms. The van der Waals surface area contributed by atoms with Crippen molar-refractivity contribution >= 4 is 91.4 Å². The molecule has 0 atom stereocenters. The monoisotopic (exact) mass is 627 g/mol. The van der Waals surface area contributed by atoms with Gasteiger partial charge in [-0.15, -0.1) is 11.3 Å². The molecule has 48 heavy (non-hydrogen) atoms. The lowest BCUT2D eigenvalue weighted by Gasteiger charge is -2.12. The Labute approximate surface area is 279 Å². The van der Waals surface area contributed by atoms with E-state index in [4.69, 9.17) is 9.97 Å². The van der Waals surface area contributed by atoms with Crippen molar-refractivity contribution in [2.45, 2.75) is 0 Å². The lowest BCUT2D eigenvalue weighted by Crippen LogP contribution is -1.93. The van der Waals surface area contributed by atoms with Crippen molar-refractivity contribution in [3.63, 3.8) is 0 Å². The number of nitrogens with zero attached hydrogens (tertiary/aromatic N) is 3. The fourth-order valence-corrected chi connectivity index (χ4v) is 8.83. The van der Waals surface area contributed by atoms with Gasteiger partial charge in [0.2, 0.25) is 0 Å². The van der Waals surface area contributed by atoms with Gasteiger partial charge < -0.3 is 0 Å². The van der Waals surface area contributed by atoms with Gasteiger partial charge in [-0.25, -0.2) is 4.98 Å². The van der Waals surface area contributed by atoms with Gasteiger partial charge in [-0.1, -0.05) is 103 Å². The van der Waals surface area contributed by atoms with Gasteiger partial charge >= 0.3 is 0 Å². The summed E-state index contributed by atoms with van der Waals surface area (Å²) in [7, 11) is 0. The van der Waals surface area contributed by atoms with Gasteiger partial charge in [0.15, 0.2) is 5.65 Å². The molecule has 0 spiro atoms. The molecule has 0 unspecified atom stereocenters. The Bertz CT molecular complexity index is 3110. The first kappa shape index (κ1) is 26.0. The molecule has 0 aliphatic rings. The van der Waals surface area contributed by atoms with E-state index in [1.807, 2.05) is 23.6 Å². The number of fused-ring (bicyclic) bond motifs is 12. The van der Waals surface area contributed by atoms with E-state index >= 15 is 0 Å². The highest BCUT2D eigenvalue weighted by atomic mass is 32.1. The second-order valence-electron chi connectivity index (χ2n) is 12.6. The summed E-state index contributed by atoms with van der Waals surface area (Å²) in [6, 6.07) is 53.0. The molecule has 0 aliphatic heterocycles. The van der Waals surface area contributed by atoms with Crippen LogP contribution < -0.4 is 0 Å². The fourth-order valence-electron chi connectivity index (χ4n) is 7.67. The summed E-state index contributed by atoms with van der Waals surface area (Å²) >= 11 is 1.83. The smallest absolute Gasteiger partial charge is 0.156 e. The number of imidazole rings is 1. The molecule has 11 aromatic rings. The van der Waals surface area contributed by atoms with E-state index in [1.165, 1.54) is 63.6 Å². The number of aromatic nitrogens is 3. The minimum absolute atomic E-state index is 1.01. The van der Waals surface area contributed by atoms with Crippen molar-refractivity contribution in [2.24, 2.45) is 0 Å². The maximum Gasteiger partial charge on any atom is 0.156 e. The van der Waals surface area contributed by atoms with Gasteiger partial charge in [0.1, 0.15) is 0 Å². The standard InChI is InChI=1S/C44H25N3S/c1-2-8-30-22-32-24-40-38(23-31(32)21-29(30)7-1)46-44-43-37(35-10-3-4-13-41(35)48-43)25-39(47(40)44)27-16-14-26(15-17-27)33-11-5-12-36-34(33)19-18-28-9-6-20-45-42(28)36/h1-25H. The van der Waals surface area contributed by atoms with Crippen LogP contribution in [0.25, 0.3) is 102 Å². The molecule has 0 aliphatic carbocycles. The normalized spacial score (nSPS) is 12.2. The third-order valence-electron chi connectivity index (χ3n) is 9.96. The molecule has 0 amide bonds. The first-order valence-electron chi connectivity index (χ1n) is 16.2.